The molecule has 4 heterocycles. The van der Waals surface area contributed by atoms with Crippen LogP contribution in [0.4, 0.5) is 26.3 Å². The fourth-order valence-corrected chi connectivity index (χ4v) is 9.60. The molecular weight excluding hydrogens is 801 g/mol. The summed E-state index contributed by atoms with van der Waals surface area (Å²) in [6.07, 6.45) is -1.71. The first-order chi connectivity index (χ1) is 27.0. The van der Waals surface area contributed by atoms with Crippen molar-refractivity contribution >= 4 is 30.7 Å². The number of likely N-dealkylation sites (tertiary alicyclic amines) is 2. The van der Waals surface area contributed by atoms with E-state index in [1.807, 2.05) is 6.08 Å². The van der Waals surface area contributed by atoms with Crippen molar-refractivity contribution < 1.29 is 59.0 Å². The Labute approximate surface area is 331 Å². The van der Waals surface area contributed by atoms with E-state index < -0.39 is 64.8 Å². The molecule has 2 fully saturated rings. The summed E-state index contributed by atoms with van der Waals surface area (Å²) >= 11 is 0.370. The smallest absolute Gasteiger partial charge is 0.425 e. The molecule has 2 aromatic rings. The van der Waals surface area contributed by atoms with Gasteiger partial charge in [0.25, 0.3) is 11.8 Å². The van der Waals surface area contributed by atoms with E-state index in [0.29, 0.717) is 48.8 Å². The Morgan fingerprint density at radius 1 is 1.09 bits per heavy atom. The largest absolute Gasteiger partial charge is 0.494 e. The van der Waals surface area contributed by atoms with Gasteiger partial charge in [-0.1, -0.05) is 19.4 Å². The lowest BCUT2D eigenvalue weighted by atomic mass is 9.70. The zero-order chi connectivity index (χ0) is 41.6. The molecule has 0 radical (unpaired) electrons. The van der Waals surface area contributed by atoms with Crippen LogP contribution in [0.2, 0.25) is 0 Å². The third-order valence-electron chi connectivity index (χ3n) is 10.8. The highest BCUT2D eigenvalue weighted by Gasteiger charge is 2.57. The topological polar surface area (TPSA) is 131 Å². The Balaban J connectivity index is 1.47. The normalized spacial score (nSPS) is 21.6. The minimum Gasteiger partial charge on any atom is -0.494 e. The third-order valence-corrected chi connectivity index (χ3v) is 13.7. The van der Waals surface area contributed by atoms with Gasteiger partial charge in [-0.2, -0.15) is 31.6 Å². The molecule has 0 saturated carbocycles. The lowest BCUT2D eigenvalue weighted by Gasteiger charge is -2.51. The number of aromatic nitrogens is 1. The standard InChI is InChI=1S/C38H45F6N4O7PS/c1-4-9-31-36(55-26-22-32(57-24-26)38(42,43)44,13-7-17-48(31)33(49)27-23-46-16-12-28(27)37(39,40)41)34(50)47-18-14-35(25-45,15-19-47)29-10-5-6-11-30(29)54-20-8-21-56(51,52-2)53-3/h6,11-12,16,22-24,31H,4-5,7-10,13-15,17-21H2,1-3H3/t31-,36+/m1/s1. The van der Waals surface area contributed by atoms with Crippen molar-refractivity contribution in [2.24, 2.45) is 5.41 Å². The Hall–Kier alpha value is -3.91. The molecule has 0 N–H and O–H groups in total. The second kappa shape index (κ2) is 17.9. The SMILES string of the molecule is CCC[C@H]1N(C(=O)c2cnccc2C(F)(F)F)CCC[C@@]1(Oc1csc(C(F)(F)F)c1)C(=O)N1CCC(C#N)(C2=C(OCCCP(=O)(OC)OC)C=CCC2)CC1. The van der Waals surface area contributed by atoms with Crippen LogP contribution in [0.5, 0.6) is 5.75 Å². The number of thiophene rings is 1. The molecule has 57 heavy (non-hydrogen) atoms. The first-order valence-corrected chi connectivity index (χ1v) is 21.2. The van der Waals surface area contributed by atoms with Crippen LogP contribution in [0.3, 0.4) is 0 Å². The Kier molecular flexibility index (Phi) is 13.9. The van der Waals surface area contributed by atoms with Gasteiger partial charge in [0.15, 0.2) is 0 Å². The zero-order valence-corrected chi connectivity index (χ0v) is 33.5. The summed E-state index contributed by atoms with van der Waals surface area (Å²) in [5, 5.41) is 11.8. The number of carbonyl (C=O) groups is 2. The maximum absolute atomic E-state index is 15.0. The van der Waals surface area contributed by atoms with Crippen molar-refractivity contribution in [2.45, 2.75) is 88.7 Å². The minimum absolute atomic E-state index is 0.0356. The number of nitriles is 1. The average Bonchev–Trinajstić information content (AvgIpc) is 3.69. The fourth-order valence-electron chi connectivity index (χ4n) is 7.89. The number of ether oxygens (including phenoxy) is 2. The quantitative estimate of drug-likeness (QED) is 0.104. The molecule has 2 saturated heterocycles. The molecule has 1 aliphatic carbocycles. The monoisotopic (exact) mass is 846 g/mol. The number of halogens is 6. The number of nitrogens with zero attached hydrogens (tertiary/aromatic N) is 4. The summed E-state index contributed by atoms with van der Waals surface area (Å²) in [6, 6.07) is 2.75. The highest BCUT2D eigenvalue weighted by atomic mass is 32.1. The highest BCUT2D eigenvalue weighted by molar-refractivity contribution is 7.53. The van der Waals surface area contributed by atoms with Gasteiger partial charge in [0.1, 0.15) is 16.4 Å². The molecule has 0 bridgehead atoms. The molecule has 2 aliphatic heterocycles. The van der Waals surface area contributed by atoms with E-state index in [1.54, 1.807) is 13.0 Å². The van der Waals surface area contributed by atoms with Crippen LogP contribution in [0, 0.1) is 16.7 Å². The molecule has 2 atom stereocenters. The number of pyridine rings is 1. The third kappa shape index (κ3) is 9.53. The summed E-state index contributed by atoms with van der Waals surface area (Å²) in [7, 11) is -0.655. The van der Waals surface area contributed by atoms with E-state index in [4.69, 9.17) is 18.5 Å². The molecular formula is C38H45F6N4O7PS. The van der Waals surface area contributed by atoms with Gasteiger partial charge < -0.3 is 28.3 Å². The molecule has 5 rings (SSSR count). The Morgan fingerprint density at radius 2 is 1.81 bits per heavy atom. The number of alkyl halides is 6. The van der Waals surface area contributed by atoms with Gasteiger partial charge in [-0.05, 0) is 62.7 Å². The predicted molar refractivity (Wildman–Crippen MR) is 197 cm³/mol. The van der Waals surface area contributed by atoms with Crippen molar-refractivity contribution in [1.82, 2.24) is 14.8 Å². The van der Waals surface area contributed by atoms with Gasteiger partial charge in [-0.25, -0.2) is 0 Å². The summed E-state index contributed by atoms with van der Waals surface area (Å²) in [4.78, 5) is 34.6. The zero-order valence-electron chi connectivity index (χ0n) is 31.8. The lowest BCUT2D eigenvalue weighted by Crippen LogP contribution is -2.68. The minimum atomic E-state index is -4.90. The van der Waals surface area contributed by atoms with Crippen molar-refractivity contribution in [1.29, 1.82) is 5.26 Å². The maximum atomic E-state index is 15.0. The number of piperidine rings is 2. The van der Waals surface area contributed by atoms with Crippen LogP contribution in [-0.4, -0.2) is 84.9 Å². The van der Waals surface area contributed by atoms with E-state index in [-0.39, 0.29) is 70.3 Å². The predicted octanol–water partition coefficient (Wildman–Crippen LogP) is 9.03. The number of rotatable bonds is 14. The van der Waals surface area contributed by atoms with Gasteiger partial charge >= 0.3 is 19.9 Å². The van der Waals surface area contributed by atoms with Gasteiger partial charge in [0, 0.05) is 64.1 Å². The molecule has 11 nitrogen and oxygen atoms in total. The summed E-state index contributed by atoms with van der Waals surface area (Å²) in [6.45, 7) is 1.96. The Bertz CT molecular complexity index is 1910. The highest BCUT2D eigenvalue weighted by Crippen LogP contribution is 2.48. The van der Waals surface area contributed by atoms with Crippen LogP contribution in [0.15, 0.2) is 53.4 Å². The fraction of sp³-hybridized carbons (Fsp3) is 0.579. The second-order valence-corrected chi connectivity index (χ2v) is 17.4. The van der Waals surface area contributed by atoms with Crippen LogP contribution in [0.25, 0.3) is 0 Å². The number of amides is 2. The average molecular weight is 847 g/mol. The molecule has 0 unspecified atom stereocenters. The van der Waals surface area contributed by atoms with E-state index in [1.165, 1.54) is 24.0 Å². The second-order valence-electron chi connectivity index (χ2n) is 14.1. The molecule has 2 aromatic heterocycles. The molecule has 2 amide bonds. The maximum Gasteiger partial charge on any atom is 0.425 e. The van der Waals surface area contributed by atoms with Crippen molar-refractivity contribution in [3.05, 3.63) is 69.4 Å². The van der Waals surface area contributed by atoms with E-state index >= 15 is 4.79 Å². The first-order valence-electron chi connectivity index (χ1n) is 18.6. The number of hydrogen-bond acceptors (Lipinski definition) is 10. The first kappa shape index (κ1) is 44.2. The summed E-state index contributed by atoms with van der Waals surface area (Å²) in [5.74, 6) is -1.43. The molecule has 19 heteroatoms. The molecule has 0 spiro atoms. The van der Waals surface area contributed by atoms with Gasteiger partial charge in [-0.3, -0.25) is 19.1 Å². The van der Waals surface area contributed by atoms with Crippen LogP contribution < -0.4 is 4.74 Å². The van der Waals surface area contributed by atoms with Crippen LogP contribution in [0.1, 0.15) is 85.5 Å². The van der Waals surface area contributed by atoms with Gasteiger partial charge in [0.05, 0.1) is 41.4 Å². The van der Waals surface area contributed by atoms with Gasteiger partial charge in [-0.15, -0.1) is 11.3 Å². The molecule has 312 valence electrons. The van der Waals surface area contributed by atoms with Crippen molar-refractivity contribution in [3.8, 4) is 11.8 Å². The van der Waals surface area contributed by atoms with Crippen LogP contribution in [-0.2, 0) is 35.5 Å². The van der Waals surface area contributed by atoms with E-state index in [0.717, 1.165) is 29.4 Å². The summed E-state index contributed by atoms with van der Waals surface area (Å²) in [5.41, 5.74) is -4.20. The van der Waals surface area contributed by atoms with E-state index in [9.17, 15) is 41.0 Å². The van der Waals surface area contributed by atoms with Gasteiger partial charge in [0.2, 0.25) is 5.60 Å². The number of hydrogen-bond donors (Lipinski definition) is 0. The number of carbonyl (C=O) groups excluding carboxylic acids is 2. The van der Waals surface area contributed by atoms with Crippen molar-refractivity contribution in [3.63, 3.8) is 0 Å². The van der Waals surface area contributed by atoms with Crippen LogP contribution >= 0.6 is 18.9 Å². The van der Waals surface area contributed by atoms with E-state index in [2.05, 4.69) is 11.1 Å². The lowest BCUT2D eigenvalue weighted by molar-refractivity contribution is -0.161. The van der Waals surface area contributed by atoms with Crippen molar-refractivity contribution in [2.75, 3.05) is 46.6 Å². The molecule has 3 aliphatic rings. The summed E-state index contributed by atoms with van der Waals surface area (Å²) < 4.78 is 118. The molecule has 0 aromatic carbocycles. The number of allylic oxidation sites excluding steroid dienone is 3. The Morgan fingerprint density at radius 3 is 2.42 bits per heavy atom.